The van der Waals surface area contributed by atoms with Crippen molar-refractivity contribution in [3.05, 3.63) is 64.6 Å². The van der Waals surface area contributed by atoms with Crippen molar-refractivity contribution in [2.75, 3.05) is 0 Å². The van der Waals surface area contributed by atoms with Gasteiger partial charge in [0.2, 0.25) is 0 Å². The Morgan fingerprint density at radius 2 is 2.11 bits per heavy atom. The van der Waals surface area contributed by atoms with E-state index in [4.69, 9.17) is 17.3 Å². The number of hydrogen-bond donors (Lipinski definition) is 1. The first-order valence-electron chi connectivity index (χ1n) is 6.04. The summed E-state index contributed by atoms with van der Waals surface area (Å²) < 4.78 is 1.77. The van der Waals surface area contributed by atoms with Gasteiger partial charge in [-0.15, -0.1) is 0 Å². The summed E-state index contributed by atoms with van der Waals surface area (Å²) in [5, 5.41) is 5.18. The van der Waals surface area contributed by atoms with E-state index in [-0.39, 0.29) is 0 Å². The highest BCUT2D eigenvalue weighted by Crippen LogP contribution is 2.14. The topological polar surface area (TPSA) is 56.2 Å². The van der Waals surface area contributed by atoms with Crippen molar-refractivity contribution in [1.82, 2.24) is 14.6 Å². The van der Waals surface area contributed by atoms with E-state index in [2.05, 4.69) is 10.1 Å². The summed E-state index contributed by atoms with van der Waals surface area (Å²) in [5.41, 5.74) is 8.61. The predicted molar refractivity (Wildman–Crippen MR) is 75.1 cm³/mol. The molecule has 0 atom stereocenters. The van der Waals surface area contributed by atoms with Crippen LogP contribution in [0.5, 0.6) is 0 Å². The summed E-state index contributed by atoms with van der Waals surface area (Å²) in [4.78, 5) is 4.54. The van der Waals surface area contributed by atoms with E-state index < -0.39 is 0 Å². The molecule has 19 heavy (non-hydrogen) atoms. The second-order valence-electron chi connectivity index (χ2n) is 4.34. The fourth-order valence-electron chi connectivity index (χ4n) is 2.07. The minimum Gasteiger partial charge on any atom is -0.326 e. The molecule has 0 aliphatic carbocycles. The Hall–Kier alpha value is -1.91. The highest BCUT2D eigenvalue weighted by molar-refractivity contribution is 6.30. The van der Waals surface area contributed by atoms with Gasteiger partial charge in [-0.05, 0) is 23.8 Å². The first-order chi connectivity index (χ1) is 9.26. The van der Waals surface area contributed by atoms with Gasteiger partial charge < -0.3 is 5.73 Å². The van der Waals surface area contributed by atoms with E-state index in [9.17, 15) is 0 Å². The molecule has 0 aliphatic rings. The zero-order valence-electron chi connectivity index (χ0n) is 10.3. The van der Waals surface area contributed by atoms with Gasteiger partial charge in [-0.3, -0.25) is 0 Å². The van der Waals surface area contributed by atoms with E-state index in [0.29, 0.717) is 13.0 Å². The van der Waals surface area contributed by atoms with Gasteiger partial charge in [-0.25, -0.2) is 9.50 Å². The van der Waals surface area contributed by atoms with Crippen molar-refractivity contribution in [2.45, 2.75) is 13.0 Å². The lowest BCUT2D eigenvalue weighted by molar-refractivity contribution is 0.894. The standard InChI is InChI=1S/C14H13ClN4/c15-12-5-1-3-10(7-12)8-13-17-14-11(9-16)4-2-6-19(14)18-13/h1-7H,8-9,16H2. The lowest BCUT2D eigenvalue weighted by Crippen LogP contribution is -1.99. The monoisotopic (exact) mass is 272 g/mol. The molecular formula is C14H13ClN4. The molecule has 0 unspecified atom stereocenters. The molecule has 0 saturated carbocycles. The van der Waals surface area contributed by atoms with Crippen LogP contribution in [0.25, 0.3) is 5.65 Å². The van der Waals surface area contributed by atoms with E-state index >= 15 is 0 Å². The molecule has 0 amide bonds. The third-order valence-corrected chi connectivity index (χ3v) is 3.19. The van der Waals surface area contributed by atoms with Gasteiger partial charge in [-0.1, -0.05) is 29.8 Å². The number of hydrogen-bond acceptors (Lipinski definition) is 3. The zero-order chi connectivity index (χ0) is 13.2. The molecule has 0 bridgehead atoms. The zero-order valence-corrected chi connectivity index (χ0v) is 11.0. The van der Waals surface area contributed by atoms with E-state index in [0.717, 1.165) is 27.6 Å². The summed E-state index contributed by atoms with van der Waals surface area (Å²) >= 11 is 5.97. The minimum absolute atomic E-state index is 0.458. The molecular weight excluding hydrogens is 260 g/mol. The van der Waals surface area contributed by atoms with Crippen LogP contribution in [0, 0.1) is 0 Å². The fourth-order valence-corrected chi connectivity index (χ4v) is 2.28. The number of fused-ring (bicyclic) bond motifs is 1. The lowest BCUT2D eigenvalue weighted by atomic mass is 10.1. The first kappa shape index (κ1) is 12.1. The van der Waals surface area contributed by atoms with E-state index in [1.165, 1.54) is 0 Å². The summed E-state index contributed by atoms with van der Waals surface area (Å²) in [6.07, 6.45) is 2.54. The molecule has 1 aromatic carbocycles. The third-order valence-electron chi connectivity index (χ3n) is 2.96. The van der Waals surface area contributed by atoms with Gasteiger partial charge in [-0.2, -0.15) is 5.10 Å². The van der Waals surface area contributed by atoms with Gasteiger partial charge in [0.25, 0.3) is 0 Å². The Kier molecular flexibility index (Phi) is 3.19. The largest absolute Gasteiger partial charge is 0.326 e. The Balaban J connectivity index is 1.98. The maximum Gasteiger partial charge on any atom is 0.160 e. The summed E-state index contributed by atoms with van der Waals surface area (Å²) in [6, 6.07) is 11.6. The van der Waals surface area contributed by atoms with E-state index in [1.54, 1.807) is 4.52 Å². The van der Waals surface area contributed by atoms with Crippen molar-refractivity contribution in [3.63, 3.8) is 0 Å². The Labute approximate surface area is 115 Å². The molecule has 2 N–H and O–H groups in total. The van der Waals surface area contributed by atoms with Gasteiger partial charge in [0.15, 0.2) is 11.5 Å². The van der Waals surface area contributed by atoms with Crippen LogP contribution >= 0.6 is 11.6 Å². The van der Waals surface area contributed by atoms with Crippen molar-refractivity contribution >= 4 is 17.2 Å². The number of benzene rings is 1. The summed E-state index contributed by atoms with van der Waals surface area (Å²) in [6.45, 7) is 0.458. The first-order valence-corrected chi connectivity index (χ1v) is 6.42. The van der Waals surface area contributed by atoms with Gasteiger partial charge in [0, 0.05) is 29.7 Å². The van der Waals surface area contributed by atoms with Gasteiger partial charge in [0.05, 0.1) is 0 Å². The number of aromatic nitrogens is 3. The average Bonchev–Trinajstić information content (AvgIpc) is 2.80. The maximum absolute atomic E-state index is 5.97. The van der Waals surface area contributed by atoms with Crippen LogP contribution in [0.3, 0.4) is 0 Å². The van der Waals surface area contributed by atoms with Crippen LogP contribution in [0.4, 0.5) is 0 Å². The number of halogens is 1. The number of rotatable bonds is 3. The molecule has 5 heteroatoms. The quantitative estimate of drug-likeness (QED) is 0.797. The molecule has 4 nitrogen and oxygen atoms in total. The van der Waals surface area contributed by atoms with Crippen LogP contribution < -0.4 is 5.73 Å². The molecule has 3 aromatic rings. The number of nitrogens with zero attached hydrogens (tertiary/aromatic N) is 3. The lowest BCUT2D eigenvalue weighted by Gasteiger charge is -1.97. The molecule has 3 rings (SSSR count). The Bertz CT molecular complexity index is 720. The number of nitrogens with two attached hydrogens (primary N) is 1. The Morgan fingerprint density at radius 1 is 1.21 bits per heavy atom. The molecule has 0 radical (unpaired) electrons. The third kappa shape index (κ3) is 2.45. The van der Waals surface area contributed by atoms with Gasteiger partial charge >= 0.3 is 0 Å². The number of pyridine rings is 1. The molecule has 2 aromatic heterocycles. The minimum atomic E-state index is 0.458. The van der Waals surface area contributed by atoms with Crippen LogP contribution in [0.1, 0.15) is 17.0 Å². The van der Waals surface area contributed by atoms with Crippen molar-refractivity contribution in [2.24, 2.45) is 5.73 Å². The van der Waals surface area contributed by atoms with Crippen molar-refractivity contribution in [1.29, 1.82) is 0 Å². The second kappa shape index (κ2) is 4.99. The fraction of sp³-hybridized carbons (Fsp3) is 0.143. The second-order valence-corrected chi connectivity index (χ2v) is 4.78. The van der Waals surface area contributed by atoms with Crippen LogP contribution in [-0.4, -0.2) is 14.6 Å². The molecule has 0 saturated heterocycles. The molecule has 0 spiro atoms. The normalized spacial score (nSPS) is 11.1. The molecule has 0 aliphatic heterocycles. The predicted octanol–water partition coefficient (Wildman–Crippen LogP) is 2.43. The SMILES string of the molecule is NCc1cccn2nc(Cc3cccc(Cl)c3)nc12. The van der Waals surface area contributed by atoms with E-state index in [1.807, 2.05) is 42.6 Å². The highest BCUT2D eigenvalue weighted by atomic mass is 35.5. The van der Waals surface area contributed by atoms with Crippen LogP contribution in [0.2, 0.25) is 5.02 Å². The van der Waals surface area contributed by atoms with Crippen molar-refractivity contribution < 1.29 is 0 Å². The molecule has 2 heterocycles. The molecule has 0 fully saturated rings. The summed E-state index contributed by atoms with van der Waals surface area (Å²) in [7, 11) is 0. The van der Waals surface area contributed by atoms with Crippen molar-refractivity contribution in [3.8, 4) is 0 Å². The highest BCUT2D eigenvalue weighted by Gasteiger charge is 2.07. The smallest absolute Gasteiger partial charge is 0.160 e. The van der Waals surface area contributed by atoms with Crippen LogP contribution in [-0.2, 0) is 13.0 Å². The Morgan fingerprint density at radius 3 is 2.89 bits per heavy atom. The average molecular weight is 273 g/mol. The van der Waals surface area contributed by atoms with Gasteiger partial charge in [0.1, 0.15) is 0 Å². The maximum atomic E-state index is 5.97. The molecule has 96 valence electrons. The van der Waals surface area contributed by atoms with Crippen LogP contribution in [0.15, 0.2) is 42.6 Å². The summed E-state index contributed by atoms with van der Waals surface area (Å²) in [5.74, 6) is 0.767.